The lowest BCUT2D eigenvalue weighted by molar-refractivity contribution is -0.117. The molecule has 0 saturated heterocycles. The standard InChI is InChI=1S/C13H14N4O/c1-10(13-14-9-15-17-13)16-12(18)8-7-11-5-3-2-4-6-11/h2-10H,1H3,(H,16,18)(H,14,15,17)/b8-7+. The molecule has 2 aromatic rings. The number of nitrogens with one attached hydrogen (secondary N) is 2. The molecule has 18 heavy (non-hydrogen) atoms. The first-order chi connectivity index (χ1) is 8.75. The summed E-state index contributed by atoms with van der Waals surface area (Å²) in [6, 6.07) is 9.46. The van der Waals surface area contributed by atoms with Crippen LogP contribution < -0.4 is 5.32 Å². The van der Waals surface area contributed by atoms with Crippen LogP contribution in [0.1, 0.15) is 24.4 Å². The maximum Gasteiger partial charge on any atom is 0.244 e. The summed E-state index contributed by atoms with van der Waals surface area (Å²) in [5.74, 6) is 0.471. The van der Waals surface area contributed by atoms with Gasteiger partial charge in [-0.1, -0.05) is 30.3 Å². The Bertz CT molecular complexity index is 519. The third-order valence-electron chi connectivity index (χ3n) is 2.43. The van der Waals surface area contributed by atoms with Gasteiger partial charge in [-0.25, -0.2) is 4.98 Å². The second-order valence-electron chi connectivity index (χ2n) is 3.85. The quantitative estimate of drug-likeness (QED) is 0.801. The fourth-order valence-electron chi connectivity index (χ4n) is 1.49. The molecule has 92 valence electrons. The monoisotopic (exact) mass is 242 g/mol. The molecule has 1 atom stereocenters. The molecule has 1 heterocycles. The van der Waals surface area contributed by atoms with E-state index in [0.717, 1.165) is 5.56 Å². The Morgan fingerprint density at radius 1 is 1.39 bits per heavy atom. The number of hydrogen-bond donors (Lipinski definition) is 2. The Kier molecular flexibility index (Phi) is 3.86. The topological polar surface area (TPSA) is 70.7 Å². The number of benzene rings is 1. The van der Waals surface area contributed by atoms with Crippen LogP contribution in [0.2, 0.25) is 0 Å². The van der Waals surface area contributed by atoms with Crippen LogP contribution in [0.3, 0.4) is 0 Å². The number of nitrogens with zero attached hydrogens (tertiary/aromatic N) is 2. The third-order valence-corrected chi connectivity index (χ3v) is 2.43. The van der Waals surface area contributed by atoms with Gasteiger partial charge in [0, 0.05) is 6.08 Å². The molecule has 0 aliphatic heterocycles. The van der Waals surface area contributed by atoms with E-state index >= 15 is 0 Å². The molecule has 0 spiro atoms. The van der Waals surface area contributed by atoms with Gasteiger partial charge in [0.25, 0.3) is 0 Å². The lowest BCUT2D eigenvalue weighted by atomic mass is 10.2. The molecular formula is C13H14N4O. The molecule has 0 radical (unpaired) electrons. The minimum Gasteiger partial charge on any atom is -0.343 e. The highest BCUT2D eigenvalue weighted by atomic mass is 16.1. The summed E-state index contributed by atoms with van der Waals surface area (Å²) in [6.07, 6.45) is 4.68. The van der Waals surface area contributed by atoms with Crippen molar-refractivity contribution in [1.82, 2.24) is 20.5 Å². The van der Waals surface area contributed by atoms with E-state index in [1.807, 2.05) is 37.3 Å². The molecular weight excluding hydrogens is 228 g/mol. The van der Waals surface area contributed by atoms with Crippen molar-refractivity contribution in [3.8, 4) is 0 Å². The van der Waals surface area contributed by atoms with Gasteiger partial charge in [-0.15, -0.1) is 0 Å². The molecule has 0 aliphatic rings. The molecule has 1 amide bonds. The number of H-pyrrole nitrogens is 1. The normalized spacial score (nSPS) is 12.5. The van der Waals surface area contributed by atoms with Gasteiger partial charge >= 0.3 is 0 Å². The van der Waals surface area contributed by atoms with Crippen molar-refractivity contribution in [2.24, 2.45) is 0 Å². The Hall–Kier alpha value is -2.43. The third kappa shape index (κ3) is 3.28. The van der Waals surface area contributed by atoms with Gasteiger partial charge in [0.2, 0.25) is 5.91 Å². The molecule has 5 heteroatoms. The number of hydrogen-bond acceptors (Lipinski definition) is 3. The molecule has 5 nitrogen and oxygen atoms in total. The van der Waals surface area contributed by atoms with Crippen LogP contribution in [0.25, 0.3) is 6.08 Å². The summed E-state index contributed by atoms with van der Waals surface area (Å²) in [6.45, 7) is 1.84. The van der Waals surface area contributed by atoms with E-state index in [-0.39, 0.29) is 11.9 Å². The molecule has 2 rings (SSSR count). The second kappa shape index (κ2) is 5.77. The molecule has 0 saturated carbocycles. The lowest BCUT2D eigenvalue weighted by Gasteiger charge is -2.08. The van der Waals surface area contributed by atoms with Gasteiger partial charge in [0.15, 0.2) is 0 Å². The smallest absolute Gasteiger partial charge is 0.244 e. The lowest BCUT2D eigenvalue weighted by Crippen LogP contribution is -2.25. The van der Waals surface area contributed by atoms with Crippen LogP contribution in [-0.2, 0) is 4.79 Å². The van der Waals surface area contributed by atoms with Crippen LogP contribution in [0.5, 0.6) is 0 Å². The number of amides is 1. The van der Waals surface area contributed by atoms with E-state index in [1.165, 1.54) is 12.4 Å². The minimum atomic E-state index is -0.194. The Balaban J connectivity index is 1.91. The zero-order valence-corrected chi connectivity index (χ0v) is 10.00. The van der Waals surface area contributed by atoms with Gasteiger partial charge in [0.1, 0.15) is 12.2 Å². The van der Waals surface area contributed by atoms with Crippen LogP contribution >= 0.6 is 0 Å². The van der Waals surface area contributed by atoms with Gasteiger partial charge in [-0.2, -0.15) is 5.10 Å². The Morgan fingerprint density at radius 2 is 2.17 bits per heavy atom. The van der Waals surface area contributed by atoms with Gasteiger partial charge in [0.05, 0.1) is 6.04 Å². The van der Waals surface area contributed by atoms with E-state index in [2.05, 4.69) is 20.5 Å². The Morgan fingerprint density at radius 3 is 2.83 bits per heavy atom. The molecule has 0 fully saturated rings. The van der Waals surface area contributed by atoms with Crippen molar-refractivity contribution < 1.29 is 4.79 Å². The van der Waals surface area contributed by atoms with Crippen LogP contribution in [0, 0.1) is 0 Å². The summed E-state index contributed by atoms with van der Waals surface area (Å²) < 4.78 is 0. The van der Waals surface area contributed by atoms with E-state index < -0.39 is 0 Å². The highest BCUT2D eigenvalue weighted by Gasteiger charge is 2.09. The van der Waals surface area contributed by atoms with Crippen molar-refractivity contribution >= 4 is 12.0 Å². The Labute approximate surface area is 105 Å². The van der Waals surface area contributed by atoms with E-state index in [1.54, 1.807) is 6.08 Å². The SMILES string of the molecule is CC(NC(=O)/C=C/c1ccccc1)c1ncn[nH]1. The van der Waals surface area contributed by atoms with Crippen molar-refractivity contribution in [2.75, 3.05) is 0 Å². The first-order valence-electron chi connectivity index (χ1n) is 5.64. The van der Waals surface area contributed by atoms with Gasteiger partial charge < -0.3 is 5.32 Å². The average Bonchev–Trinajstić information content (AvgIpc) is 2.91. The van der Waals surface area contributed by atoms with Crippen molar-refractivity contribution in [3.05, 3.63) is 54.1 Å². The summed E-state index contributed by atoms with van der Waals surface area (Å²) in [5, 5.41) is 9.25. The molecule has 2 N–H and O–H groups in total. The zero-order chi connectivity index (χ0) is 12.8. The molecule has 0 bridgehead atoms. The number of carbonyl (C=O) groups is 1. The first-order valence-corrected chi connectivity index (χ1v) is 5.64. The van der Waals surface area contributed by atoms with E-state index in [0.29, 0.717) is 5.82 Å². The number of aromatic nitrogens is 3. The predicted molar refractivity (Wildman–Crippen MR) is 68.4 cm³/mol. The fourth-order valence-corrected chi connectivity index (χ4v) is 1.49. The fraction of sp³-hybridized carbons (Fsp3) is 0.154. The number of aromatic amines is 1. The zero-order valence-electron chi connectivity index (χ0n) is 10.00. The maximum absolute atomic E-state index is 11.7. The van der Waals surface area contributed by atoms with Crippen molar-refractivity contribution in [2.45, 2.75) is 13.0 Å². The number of carbonyl (C=O) groups excluding carboxylic acids is 1. The summed E-state index contributed by atoms with van der Waals surface area (Å²) in [4.78, 5) is 15.6. The second-order valence-corrected chi connectivity index (χ2v) is 3.85. The molecule has 1 aromatic heterocycles. The van der Waals surface area contributed by atoms with E-state index in [4.69, 9.17) is 0 Å². The minimum absolute atomic E-state index is 0.164. The summed E-state index contributed by atoms with van der Waals surface area (Å²) in [7, 11) is 0. The van der Waals surface area contributed by atoms with Crippen LogP contribution in [-0.4, -0.2) is 21.1 Å². The maximum atomic E-state index is 11.7. The molecule has 1 aromatic carbocycles. The average molecular weight is 242 g/mol. The summed E-state index contributed by atoms with van der Waals surface area (Å²) in [5.41, 5.74) is 0.986. The first kappa shape index (κ1) is 12.0. The van der Waals surface area contributed by atoms with Crippen LogP contribution in [0.15, 0.2) is 42.7 Å². The largest absolute Gasteiger partial charge is 0.343 e. The highest BCUT2D eigenvalue weighted by Crippen LogP contribution is 2.05. The van der Waals surface area contributed by atoms with Crippen LogP contribution in [0.4, 0.5) is 0 Å². The van der Waals surface area contributed by atoms with Gasteiger partial charge in [-0.3, -0.25) is 9.89 Å². The molecule has 1 unspecified atom stereocenters. The van der Waals surface area contributed by atoms with Crippen molar-refractivity contribution in [3.63, 3.8) is 0 Å². The van der Waals surface area contributed by atoms with Crippen molar-refractivity contribution in [1.29, 1.82) is 0 Å². The van der Waals surface area contributed by atoms with E-state index in [9.17, 15) is 4.79 Å². The summed E-state index contributed by atoms with van der Waals surface area (Å²) >= 11 is 0. The van der Waals surface area contributed by atoms with Gasteiger partial charge in [-0.05, 0) is 18.6 Å². The predicted octanol–water partition coefficient (Wildman–Crippen LogP) is 1.70. The number of rotatable bonds is 4. The molecule has 0 aliphatic carbocycles. The highest BCUT2D eigenvalue weighted by molar-refractivity contribution is 5.91.